The van der Waals surface area contributed by atoms with Gasteiger partial charge in [-0.25, -0.2) is 0 Å². The molecule has 84 valence electrons. The van der Waals surface area contributed by atoms with Gasteiger partial charge in [0, 0.05) is 10.9 Å². The van der Waals surface area contributed by atoms with E-state index in [1.165, 1.54) is 21.6 Å². The summed E-state index contributed by atoms with van der Waals surface area (Å²) in [4.78, 5) is 3.82. The van der Waals surface area contributed by atoms with Crippen molar-refractivity contribution < 1.29 is 0 Å². The van der Waals surface area contributed by atoms with Crippen LogP contribution in [0.2, 0.25) is 0 Å². The number of halogens is 1. The summed E-state index contributed by atoms with van der Waals surface area (Å²) in [6.45, 7) is 2.32. The monoisotopic (exact) mass is 288 g/mol. The molecule has 1 aliphatic heterocycles. The maximum absolute atomic E-state index is 3.54. The van der Waals surface area contributed by atoms with Crippen LogP contribution in [0, 0.1) is 5.92 Å². The maximum Gasteiger partial charge on any atom is 0.0701 e. The first kappa shape index (κ1) is 11.6. The van der Waals surface area contributed by atoms with E-state index >= 15 is 0 Å². The first-order valence-corrected chi connectivity index (χ1v) is 6.92. The van der Waals surface area contributed by atoms with E-state index in [2.05, 4.69) is 52.4 Å². The van der Waals surface area contributed by atoms with Gasteiger partial charge in [0.15, 0.2) is 0 Å². The van der Waals surface area contributed by atoms with Gasteiger partial charge in [0.25, 0.3) is 0 Å². The van der Waals surface area contributed by atoms with Crippen LogP contribution in [-0.2, 0) is 0 Å². The van der Waals surface area contributed by atoms with Gasteiger partial charge in [0.1, 0.15) is 0 Å². The van der Waals surface area contributed by atoms with Crippen LogP contribution < -0.4 is 5.32 Å². The van der Waals surface area contributed by atoms with Crippen LogP contribution in [-0.4, -0.2) is 32.1 Å². The molecule has 1 fully saturated rings. The van der Waals surface area contributed by atoms with Gasteiger partial charge in [-0.05, 0) is 67.6 Å². The molecule has 2 heterocycles. The summed E-state index contributed by atoms with van der Waals surface area (Å²) in [5, 5.41) is 3.45. The molecule has 0 radical (unpaired) electrons. The Bertz CT molecular complexity index is 318. The number of rotatable bonds is 3. The van der Waals surface area contributed by atoms with Crippen molar-refractivity contribution in [3.8, 4) is 0 Å². The van der Waals surface area contributed by atoms with Crippen LogP contribution in [0.15, 0.2) is 15.9 Å². The molecular formula is C11H17BrN2S. The molecule has 0 saturated carbocycles. The number of thiophene rings is 1. The van der Waals surface area contributed by atoms with Gasteiger partial charge in [-0.1, -0.05) is 0 Å². The highest BCUT2D eigenvalue weighted by molar-refractivity contribution is 9.11. The summed E-state index contributed by atoms with van der Waals surface area (Å²) in [6, 6.07) is 4.97. The van der Waals surface area contributed by atoms with Crippen molar-refractivity contribution >= 4 is 27.3 Å². The fraction of sp³-hybridized carbons (Fsp3) is 0.636. The summed E-state index contributed by atoms with van der Waals surface area (Å²) in [5.74, 6) is 0.755. The van der Waals surface area contributed by atoms with Crippen molar-refractivity contribution in [2.75, 3.05) is 27.2 Å². The van der Waals surface area contributed by atoms with Gasteiger partial charge in [-0.3, -0.25) is 0 Å². The van der Waals surface area contributed by atoms with Gasteiger partial charge in [-0.2, -0.15) is 0 Å². The van der Waals surface area contributed by atoms with E-state index in [-0.39, 0.29) is 0 Å². The van der Waals surface area contributed by atoms with Crippen molar-refractivity contribution in [3.05, 3.63) is 20.8 Å². The zero-order valence-corrected chi connectivity index (χ0v) is 11.6. The lowest BCUT2D eigenvalue weighted by Gasteiger charge is -2.28. The Morgan fingerprint density at radius 1 is 1.53 bits per heavy atom. The van der Waals surface area contributed by atoms with Crippen LogP contribution in [0.25, 0.3) is 0 Å². The predicted octanol–water partition coefficient (Wildman–Crippen LogP) is 2.72. The largest absolute Gasteiger partial charge is 0.316 e. The fourth-order valence-corrected chi connectivity index (χ4v) is 4.06. The molecule has 2 unspecified atom stereocenters. The zero-order valence-electron chi connectivity index (χ0n) is 9.16. The Morgan fingerprint density at radius 2 is 2.33 bits per heavy atom. The Balaban J connectivity index is 2.18. The Labute approximate surface area is 104 Å². The highest BCUT2D eigenvalue weighted by atomic mass is 79.9. The van der Waals surface area contributed by atoms with Crippen LogP contribution in [0.4, 0.5) is 0 Å². The van der Waals surface area contributed by atoms with Crippen LogP contribution in [0.5, 0.6) is 0 Å². The third-order valence-electron chi connectivity index (χ3n) is 2.99. The Morgan fingerprint density at radius 3 is 2.80 bits per heavy atom. The molecule has 1 aromatic rings. The van der Waals surface area contributed by atoms with E-state index in [1.54, 1.807) is 0 Å². The van der Waals surface area contributed by atoms with E-state index in [9.17, 15) is 0 Å². The third kappa shape index (κ3) is 2.61. The zero-order chi connectivity index (χ0) is 10.8. The number of nitrogens with one attached hydrogen (secondary N) is 1. The van der Waals surface area contributed by atoms with Crippen molar-refractivity contribution in [1.29, 1.82) is 0 Å². The van der Waals surface area contributed by atoms with Gasteiger partial charge in [0.2, 0.25) is 0 Å². The van der Waals surface area contributed by atoms with Gasteiger partial charge < -0.3 is 10.2 Å². The van der Waals surface area contributed by atoms with Crippen molar-refractivity contribution in [3.63, 3.8) is 0 Å². The third-order valence-corrected chi connectivity index (χ3v) is 4.68. The average Bonchev–Trinajstić information content (AvgIpc) is 2.77. The quantitative estimate of drug-likeness (QED) is 0.920. The number of nitrogens with zero attached hydrogens (tertiary/aromatic N) is 1. The van der Waals surface area contributed by atoms with Crippen LogP contribution >= 0.6 is 27.3 Å². The lowest BCUT2D eigenvalue weighted by atomic mass is 9.97. The summed E-state index contributed by atoms with van der Waals surface area (Å²) in [5.41, 5.74) is 0. The summed E-state index contributed by atoms with van der Waals surface area (Å²) < 4.78 is 1.23. The molecule has 0 aromatic carbocycles. The molecule has 2 rings (SSSR count). The second-order valence-corrected chi connectivity index (χ2v) is 6.80. The van der Waals surface area contributed by atoms with Gasteiger partial charge in [-0.15, -0.1) is 11.3 Å². The fourth-order valence-electron chi connectivity index (χ4n) is 2.34. The molecule has 1 aliphatic rings. The summed E-state index contributed by atoms with van der Waals surface area (Å²) in [6.07, 6.45) is 1.29. The van der Waals surface area contributed by atoms with Crippen LogP contribution in [0.3, 0.4) is 0 Å². The van der Waals surface area contributed by atoms with Crippen molar-refractivity contribution in [1.82, 2.24) is 10.2 Å². The molecule has 1 N–H and O–H groups in total. The average molecular weight is 289 g/mol. The topological polar surface area (TPSA) is 15.3 Å². The number of hydrogen-bond acceptors (Lipinski definition) is 3. The molecule has 2 nitrogen and oxygen atoms in total. The normalized spacial score (nSPS) is 23.6. The molecule has 0 spiro atoms. The SMILES string of the molecule is CN(C)C(c1ccc(Br)s1)C1CCNC1. The molecule has 0 bridgehead atoms. The first-order chi connectivity index (χ1) is 7.18. The molecule has 1 saturated heterocycles. The Kier molecular flexibility index (Phi) is 3.83. The smallest absolute Gasteiger partial charge is 0.0701 e. The maximum atomic E-state index is 3.54. The van der Waals surface area contributed by atoms with E-state index in [0.29, 0.717) is 6.04 Å². The molecule has 0 aliphatic carbocycles. The van der Waals surface area contributed by atoms with E-state index < -0.39 is 0 Å². The highest BCUT2D eigenvalue weighted by Gasteiger charge is 2.28. The summed E-state index contributed by atoms with van der Waals surface area (Å²) >= 11 is 5.40. The molecule has 2 atom stereocenters. The second kappa shape index (κ2) is 4.95. The lowest BCUT2D eigenvalue weighted by molar-refractivity contribution is 0.227. The molecule has 1 aromatic heterocycles. The Hall–Kier alpha value is 0.1000. The number of hydrogen-bond donors (Lipinski definition) is 1. The van der Waals surface area contributed by atoms with Crippen LogP contribution in [0.1, 0.15) is 17.3 Å². The molecule has 0 amide bonds. The van der Waals surface area contributed by atoms with E-state index in [0.717, 1.165) is 12.5 Å². The van der Waals surface area contributed by atoms with Crippen molar-refractivity contribution in [2.45, 2.75) is 12.5 Å². The minimum atomic E-state index is 0.566. The highest BCUT2D eigenvalue weighted by Crippen LogP contribution is 2.36. The molecule has 15 heavy (non-hydrogen) atoms. The molecular weight excluding hydrogens is 272 g/mol. The summed E-state index contributed by atoms with van der Waals surface area (Å²) in [7, 11) is 4.35. The standard InChI is InChI=1S/C11H17BrN2S/c1-14(2)11(8-5-6-13-7-8)9-3-4-10(12)15-9/h3-4,8,11,13H,5-7H2,1-2H3. The lowest BCUT2D eigenvalue weighted by Crippen LogP contribution is -2.28. The van der Waals surface area contributed by atoms with Gasteiger partial charge >= 0.3 is 0 Å². The first-order valence-electron chi connectivity index (χ1n) is 5.31. The van der Waals surface area contributed by atoms with Gasteiger partial charge in [0.05, 0.1) is 3.79 Å². The van der Waals surface area contributed by atoms with E-state index in [1.807, 2.05) is 11.3 Å². The minimum absolute atomic E-state index is 0.566. The minimum Gasteiger partial charge on any atom is -0.316 e. The van der Waals surface area contributed by atoms with Crippen molar-refractivity contribution in [2.24, 2.45) is 5.92 Å². The second-order valence-electron chi connectivity index (χ2n) is 4.30. The predicted molar refractivity (Wildman–Crippen MR) is 69.4 cm³/mol. The van der Waals surface area contributed by atoms with E-state index in [4.69, 9.17) is 0 Å². The molecule has 4 heteroatoms.